The molecule has 1 aliphatic heterocycles. The molecule has 2 aromatic rings. The third-order valence-corrected chi connectivity index (χ3v) is 5.00. The van der Waals surface area contributed by atoms with Gasteiger partial charge in [-0.1, -0.05) is 61.5 Å². The fraction of sp³-hybridized carbons (Fsp3) is 0.364. The van der Waals surface area contributed by atoms with Gasteiger partial charge in [-0.2, -0.15) is 0 Å². The Balaban J connectivity index is 1.47. The van der Waals surface area contributed by atoms with E-state index in [2.05, 4.69) is 36.5 Å². The zero-order valence-electron chi connectivity index (χ0n) is 15.3. The van der Waals surface area contributed by atoms with E-state index >= 15 is 0 Å². The number of benzene rings is 2. The summed E-state index contributed by atoms with van der Waals surface area (Å²) in [5, 5.41) is 2.98. The molecule has 2 aromatic carbocycles. The van der Waals surface area contributed by atoms with Crippen LogP contribution in [0.25, 0.3) is 0 Å². The van der Waals surface area contributed by atoms with Crippen molar-refractivity contribution in [2.45, 2.75) is 32.7 Å². The molecule has 0 radical (unpaired) electrons. The average molecular weight is 350 g/mol. The van der Waals surface area contributed by atoms with Crippen molar-refractivity contribution < 1.29 is 9.59 Å². The van der Waals surface area contributed by atoms with Crippen molar-refractivity contribution in [2.75, 3.05) is 13.1 Å². The molecule has 3 rings (SSSR count). The number of nitrogens with one attached hydrogen (secondary N) is 1. The minimum absolute atomic E-state index is 0.0277. The van der Waals surface area contributed by atoms with Crippen molar-refractivity contribution in [3.05, 3.63) is 71.3 Å². The molecule has 1 atom stereocenters. The number of hydrogen-bond donors (Lipinski definition) is 1. The van der Waals surface area contributed by atoms with Crippen LogP contribution in [0.3, 0.4) is 0 Å². The molecule has 4 heteroatoms. The van der Waals surface area contributed by atoms with Gasteiger partial charge in [0, 0.05) is 26.1 Å². The smallest absolute Gasteiger partial charge is 0.225 e. The maximum atomic E-state index is 12.4. The van der Waals surface area contributed by atoms with Gasteiger partial charge in [-0.25, -0.2) is 0 Å². The van der Waals surface area contributed by atoms with Gasteiger partial charge < -0.3 is 10.2 Å². The molecular formula is C22H26N2O2. The molecule has 0 spiro atoms. The van der Waals surface area contributed by atoms with E-state index in [1.54, 1.807) is 0 Å². The molecule has 1 N–H and O–H groups in total. The van der Waals surface area contributed by atoms with Crippen molar-refractivity contribution in [3.63, 3.8) is 0 Å². The van der Waals surface area contributed by atoms with Gasteiger partial charge in [-0.05, 0) is 29.5 Å². The van der Waals surface area contributed by atoms with E-state index in [1.165, 1.54) is 11.1 Å². The third kappa shape index (κ3) is 4.72. The summed E-state index contributed by atoms with van der Waals surface area (Å²) >= 11 is 0. The van der Waals surface area contributed by atoms with Crippen LogP contribution in [-0.4, -0.2) is 29.8 Å². The van der Waals surface area contributed by atoms with Gasteiger partial charge in [0.1, 0.15) is 0 Å². The number of carbonyl (C=O) groups excluding carboxylic acids is 2. The zero-order chi connectivity index (χ0) is 18.4. The average Bonchev–Trinajstić information content (AvgIpc) is 3.06. The standard InChI is InChI=1S/C22H26N2O2/c1-2-17-8-10-19(11-9-17)15-23-22(26)20-14-21(25)24(16-20)13-12-18-6-4-3-5-7-18/h3-11,20H,2,12-16H2,1H3,(H,23,26)/t20-/m0/s1. The van der Waals surface area contributed by atoms with Gasteiger partial charge in [0.05, 0.1) is 5.92 Å². The van der Waals surface area contributed by atoms with Crippen LogP contribution >= 0.6 is 0 Å². The van der Waals surface area contributed by atoms with Crippen molar-refractivity contribution in [1.82, 2.24) is 10.2 Å². The van der Waals surface area contributed by atoms with Gasteiger partial charge >= 0.3 is 0 Å². The molecule has 1 fully saturated rings. The summed E-state index contributed by atoms with van der Waals surface area (Å²) in [6.07, 6.45) is 2.15. The van der Waals surface area contributed by atoms with Crippen LogP contribution in [0, 0.1) is 5.92 Å². The molecule has 0 bridgehead atoms. The summed E-state index contributed by atoms with van der Waals surface area (Å²) < 4.78 is 0. The minimum Gasteiger partial charge on any atom is -0.352 e. The topological polar surface area (TPSA) is 49.4 Å². The van der Waals surface area contributed by atoms with Crippen LogP contribution in [0.5, 0.6) is 0 Å². The summed E-state index contributed by atoms with van der Waals surface area (Å²) in [5.41, 5.74) is 3.58. The van der Waals surface area contributed by atoms with Gasteiger partial charge in [-0.3, -0.25) is 9.59 Å². The second-order valence-corrected chi connectivity index (χ2v) is 6.86. The Morgan fingerprint density at radius 1 is 1.04 bits per heavy atom. The van der Waals surface area contributed by atoms with E-state index in [4.69, 9.17) is 0 Å². The molecule has 4 nitrogen and oxygen atoms in total. The van der Waals surface area contributed by atoms with Crippen LogP contribution < -0.4 is 5.32 Å². The van der Waals surface area contributed by atoms with Crippen molar-refractivity contribution >= 4 is 11.8 Å². The first-order chi connectivity index (χ1) is 12.7. The summed E-state index contributed by atoms with van der Waals surface area (Å²) in [5.74, 6) is -0.193. The fourth-order valence-corrected chi connectivity index (χ4v) is 3.30. The van der Waals surface area contributed by atoms with Gasteiger partial charge in [0.25, 0.3) is 0 Å². The molecule has 2 amide bonds. The van der Waals surface area contributed by atoms with Crippen LogP contribution in [0.2, 0.25) is 0 Å². The maximum Gasteiger partial charge on any atom is 0.225 e. The largest absolute Gasteiger partial charge is 0.352 e. The van der Waals surface area contributed by atoms with Crippen LogP contribution in [0.4, 0.5) is 0 Å². The normalized spacial score (nSPS) is 16.7. The molecule has 136 valence electrons. The lowest BCUT2D eigenvalue weighted by atomic mass is 10.1. The van der Waals surface area contributed by atoms with E-state index in [-0.39, 0.29) is 17.7 Å². The Morgan fingerprint density at radius 2 is 1.73 bits per heavy atom. The molecule has 0 aliphatic carbocycles. The van der Waals surface area contributed by atoms with Crippen LogP contribution in [-0.2, 0) is 29.0 Å². The number of likely N-dealkylation sites (tertiary alicyclic amines) is 1. The molecule has 1 heterocycles. The van der Waals surface area contributed by atoms with E-state index in [1.807, 2.05) is 35.2 Å². The first-order valence-electron chi connectivity index (χ1n) is 9.33. The number of carbonyl (C=O) groups is 2. The lowest BCUT2D eigenvalue weighted by Gasteiger charge is -2.16. The van der Waals surface area contributed by atoms with Gasteiger partial charge in [-0.15, -0.1) is 0 Å². The number of hydrogen-bond acceptors (Lipinski definition) is 2. The number of aryl methyl sites for hydroxylation is 1. The zero-order valence-corrected chi connectivity index (χ0v) is 15.3. The summed E-state index contributed by atoms with van der Waals surface area (Å²) in [6.45, 7) is 3.83. The molecule has 26 heavy (non-hydrogen) atoms. The maximum absolute atomic E-state index is 12.4. The van der Waals surface area contributed by atoms with Crippen molar-refractivity contribution in [2.24, 2.45) is 5.92 Å². The fourth-order valence-electron chi connectivity index (χ4n) is 3.30. The lowest BCUT2D eigenvalue weighted by Crippen LogP contribution is -2.33. The highest BCUT2D eigenvalue weighted by Gasteiger charge is 2.33. The Bertz CT molecular complexity index is 740. The Morgan fingerprint density at radius 3 is 2.42 bits per heavy atom. The molecule has 0 unspecified atom stereocenters. The minimum atomic E-state index is -0.242. The molecular weight excluding hydrogens is 324 g/mol. The highest BCUT2D eigenvalue weighted by molar-refractivity contribution is 5.89. The Labute approximate surface area is 155 Å². The van der Waals surface area contributed by atoms with Gasteiger partial charge in [0.15, 0.2) is 0 Å². The van der Waals surface area contributed by atoms with Crippen LogP contribution in [0.1, 0.15) is 30.0 Å². The third-order valence-electron chi connectivity index (χ3n) is 5.00. The highest BCUT2D eigenvalue weighted by atomic mass is 16.2. The van der Waals surface area contributed by atoms with E-state index in [9.17, 15) is 9.59 Å². The number of amides is 2. The second kappa shape index (κ2) is 8.65. The Kier molecular flexibility index (Phi) is 6.05. The quantitative estimate of drug-likeness (QED) is 0.835. The lowest BCUT2D eigenvalue weighted by molar-refractivity contribution is -0.129. The van der Waals surface area contributed by atoms with E-state index < -0.39 is 0 Å². The number of rotatable bonds is 7. The SMILES string of the molecule is CCc1ccc(CNC(=O)[C@H]2CC(=O)N(CCc3ccccc3)C2)cc1. The first-order valence-corrected chi connectivity index (χ1v) is 9.33. The van der Waals surface area contributed by atoms with Crippen molar-refractivity contribution in [1.29, 1.82) is 0 Å². The van der Waals surface area contributed by atoms with Gasteiger partial charge in [0.2, 0.25) is 11.8 Å². The Hall–Kier alpha value is -2.62. The van der Waals surface area contributed by atoms with Crippen molar-refractivity contribution in [3.8, 4) is 0 Å². The molecule has 0 aromatic heterocycles. The van der Waals surface area contributed by atoms with Crippen LogP contribution in [0.15, 0.2) is 54.6 Å². The summed E-state index contributed by atoms with van der Waals surface area (Å²) in [4.78, 5) is 26.4. The van der Waals surface area contributed by atoms with E-state index in [0.29, 0.717) is 26.1 Å². The summed E-state index contributed by atoms with van der Waals surface area (Å²) in [6, 6.07) is 18.4. The first kappa shape index (κ1) is 18.2. The van der Waals surface area contributed by atoms with E-state index in [0.717, 1.165) is 18.4 Å². The molecule has 0 saturated carbocycles. The number of nitrogens with zero attached hydrogens (tertiary/aromatic N) is 1. The molecule has 1 aliphatic rings. The predicted molar refractivity (Wildman–Crippen MR) is 102 cm³/mol. The second-order valence-electron chi connectivity index (χ2n) is 6.86. The predicted octanol–water partition coefficient (Wildman–Crippen LogP) is 2.96. The highest BCUT2D eigenvalue weighted by Crippen LogP contribution is 2.19. The molecule has 1 saturated heterocycles. The monoisotopic (exact) mass is 350 g/mol. The summed E-state index contributed by atoms with van der Waals surface area (Å²) in [7, 11) is 0.